The molecule has 3 heterocycles. The number of ether oxygens (including phenoxy) is 3. The second kappa shape index (κ2) is 8.75. The summed E-state index contributed by atoms with van der Waals surface area (Å²) < 4.78 is 16.5. The van der Waals surface area contributed by atoms with Crippen LogP contribution in [0.25, 0.3) is 0 Å². The van der Waals surface area contributed by atoms with Crippen molar-refractivity contribution in [3.05, 3.63) is 36.2 Å². The van der Waals surface area contributed by atoms with Crippen LogP contribution in [0.15, 0.2) is 30.6 Å². The Balaban J connectivity index is 1.29. The van der Waals surface area contributed by atoms with E-state index in [0.29, 0.717) is 56.6 Å². The highest BCUT2D eigenvalue weighted by Crippen LogP contribution is 2.33. The number of carbonyl (C=O) groups is 1. The van der Waals surface area contributed by atoms with Gasteiger partial charge in [0.05, 0.1) is 18.8 Å². The fraction of sp³-hybridized carbons (Fsp3) is 0.421. The van der Waals surface area contributed by atoms with Gasteiger partial charge in [-0.1, -0.05) is 6.07 Å². The van der Waals surface area contributed by atoms with Crippen LogP contribution < -0.4 is 25.0 Å². The molecule has 9 nitrogen and oxygen atoms in total. The minimum atomic E-state index is -0.194. The summed E-state index contributed by atoms with van der Waals surface area (Å²) in [4.78, 5) is 23.2. The lowest BCUT2D eigenvalue weighted by Gasteiger charge is -2.27. The van der Waals surface area contributed by atoms with Crippen molar-refractivity contribution in [2.75, 3.05) is 62.8 Å². The van der Waals surface area contributed by atoms with E-state index in [1.807, 2.05) is 6.07 Å². The lowest BCUT2D eigenvalue weighted by Crippen LogP contribution is -2.36. The molecule has 28 heavy (non-hydrogen) atoms. The van der Waals surface area contributed by atoms with Crippen LogP contribution >= 0.6 is 0 Å². The van der Waals surface area contributed by atoms with E-state index in [1.54, 1.807) is 24.5 Å². The number of hydrogen-bond acceptors (Lipinski definition) is 8. The smallest absolute Gasteiger partial charge is 0.255 e. The highest BCUT2D eigenvalue weighted by molar-refractivity contribution is 5.97. The number of benzene rings is 1. The van der Waals surface area contributed by atoms with Crippen molar-refractivity contribution in [3.8, 4) is 11.5 Å². The third-order valence-electron chi connectivity index (χ3n) is 4.52. The molecule has 0 bridgehead atoms. The number of nitrogens with one attached hydrogen (secondary N) is 2. The average molecular weight is 385 g/mol. The molecule has 9 heteroatoms. The summed E-state index contributed by atoms with van der Waals surface area (Å²) in [5.41, 5.74) is 0.480. The van der Waals surface area contributed by atoms with Crippen LogP contribution in [0.3, 0.4) is 0 Å². The number of aromatic nitrogens is 2. The van der Waals surface area contributed by atoms with Crippen LogP contribution in [0.5, 0.6) is 11.5 Å². The third kappa shape index (κ3) is 4.25. The lowest BCUT2D eigenvalue weighted by molar-refractivity contribution is 0.0944. The summed E-state index contributed by atoms with van der Waals surface area (Å²) >= 11 is 0. The van der Waals surface area contributed by atoms with Gasteiger partial charge in [0.15, 0.2) is 11.5 Å². The number of carbonyl (C=O) groups excluding carboxylic acids is 1. The third-order valence-corrected chi connectivity index (χ3v) is 4.52. The van der Waals surface area contributed by atoms with Crippen LogP contribution in [0.2, 0.25) is 0 Å². The molecule has 0 atom stereocenters. The SMILES string of the molecule is O=C(NCCNc1cc(N2CCOCC2)ncn1)c1cccc2c1OCCO2. The maximum Gasteiger partial charge on any atom is 0.255 e. The topological polar surface area (TPSA) is 97.8 Å². The molecule has 0 saturated carbocycles. The molecule has 4 rings (SSSR count). The summed E-state index contributed by atoms with van der Waals surface area (Å²) in [6.45, 7) is 4.97. The van der Waals surface area contributed by atoms with Crippen molar-refractivity contribution in [2.24, 2.45) is 0 Å². The summed E-state index contributed by atoms with van der Waals surface area (Å²) in [5, 5.41) is 6.10. The molecule has 2 aliphatic rings. The van der Waals surface area contributed by atoms with Gasteiger partial charge in [-0.05, 0) is 12.1 Å². The van der Waals surface area contributed by atoms with Crippen molar-refractivity contribution in [3.63, 3.8) is 0 Å². The number of fused-ring (bicyclic) bond motifs is 1. The highest BCUT2D eigenvalue weighted by Gasteiger charge is 2.20. The Bertz CT molecular complexity index is 826. The first-order valence-electron chi connectivity index (χ1n) is 9.37. The fourth-order valence-electron chi connectivity index (χ4n) is 3.12. The van der Waals surface area contributed by atoms with Gasteiger partial charge in [-0.3, -0.25) is 4.79 Å². The molecule has 2 aliphatic heterocycles. The van der Waals surface area contributed by atoms with E-state index < -0.39 is 0 Å². The normalized spacial score (nSPS) is 15.8. The maximum atomic E-state index is 12.5. The first kappa shape index (κ1) is 18.3. The van der Waals surface area contributed by atoms with E-state index >= 15 is 0 Å². The van der Waals surface area contributed by atoms with Gasteiger partial charge in [-0.2, -0.15) is 0 Å². The zero-order valence-electron chi connectivity index (χ0n) is 15.5. The van der Waals surface area contributed by atoms with Crippen LogP contribution in [0, 0.1) is 0 Å². The molecule has 0 spiro atoms. The zero-order chi connectivity index (χ0) is 19.2. The Labute approximate surface area is 163 Å². The monoisotopic (exact) mass is 385 g/mol. The van der Waals surface area contributed by atoms with Crippen molar-refractivity contribution in [1.82, 2.24) is 15.3 Å². The Morgan fingerprint density at radius 1 is 1.07 bits per heavy atom. The molecule has 1 saturated heterocycles. The van der Waals surface area contributed by atoms with Gasteiger partial charge >= 0.3 is 0 Å². The van der Waals surface area contributed by atoms with E-state index in [-0.39, 0.29) is 5.91 Å². The number of rotatable bonds is 6. The number of anilines is 2. The Morgan fingerprint density at radius 3 is 2.82 bits per heavy atom. The Kier molecular flexibility index (Phi) is 5.72. The molecule has 1 fully saturated rings. The molecule has 1 amide bonds. The molecule has 0 aliphatic carbocycles. The molecule has 148 valence electrons. The zero-order valence-corrected chi connectivity index (χ0v) is 15.5. The number of hydrogen-bond donors (Lipinski definition) is 2. The predicted octanol–water partition coefficient (Wildman–Crippen LogP) is 0.926. The first-order chi connectivity index (χ1) is 13.8. The number of morpholine rings is 1. The van der Waals surface area contributed by atoms with Gasteiger partial charge in [-0.15, -0.1) is 0 Å². The van der Waals surface area contributed by atoms with Gasteiger partial charge in [0.1, 0.15) is 31.2 Å². The van der Waals surface area contributed by atoms with Crippen molar-refractivity contribution < 1.29 is 19.0 Å². The standard InChI is InChI=1S/C19H23N5O4/c25-19(14-2-1-3-15-18(14)28-11-10-27-15)21-5-4-20-16-12-17(23-13-22-16)24-6-8-26-9-7-24/h1-3,12-13H,4-11H2,(H,21,25)(H,20,22,23). The van der Waals surface area contributed by atoms with E-state index in [1.165, 1.54) is 0 Å². The van der Waals surface area contributed by atoms with Gasteiger partial charge in [0, 0.05) is 32.2 Å². The Hall–Kier alpha value is -3.07. The van der Waals surface area contributed by atoms with Gasteiger partial charge in [-0.25, -0.2) is 9.97 Å². The molecular formula is C19H23N5O4. The van der Waals surface area contributed by atoms with Gasteiger partial charge < -0.3 is 29.7 Å². The summed E-state index contributed by atoms with van der Waals surface area (Å²) in [7, 11) is 0. The number of nitrogens with zero attached hydrogens (tertiary/aromatic N) is 3. The second-order valence-corrected chi connectivity index (χ2v) is 6.37. The second-order valence-electron chi connectivity index (χ2n) is 6.37. The summed E-state index contributed by atoms with van der Waals surface area (Å²) in [6.07, 6.45) is 1.54. The largest absolute Gasteiger partial charge is 0.486 e. The van der Waals surface area contributed by atoms with Gasteiger partial charge in [0.2, 0.25) is 0 Å². The summed E-state index contributed by atoms with van der Waals surface area (Å²) in [6, 6.07) is 7.23. The minimum Gasteiger partial charge on any atom is -0.486 e. The van der Waals surface area contributed by atoms with E-state index in [9.17, 15) is 4.79 Å². The lowest BCUT2D eigenvalue weighted by atomic mass is 10.1. The Morgan fingerprint density at radius 2 is 1.93 bits per heavy atom. The van der Waals surface area contributed by atoms with Crippen LogP contribution in [-0.4, -0.2) is 68.5 Å². The molecule has 2 N–H and O–H groups in total. The molecule has 0 unspecified atom stereocenters. The average Bonchev–Trinajstić information content (AvgIpc) is 2.77. The highest BCUT2D eigenvalue weighted by atomic mass is 16.6. The number of para-hydroxylation sites is 1. The fourth-order valence-corrected chi connectivity index (χ4v) is 3.12. The van der Waals surface area contributed by atoms with E-state index in [0.717, 1.165) is 24.7 Å². The van der Waals surface area contributed by atoms with E-state index in [4.69, 9.17) is 14.2 Å². The van der Waals surface area contributed by atoms with Crippen LogP contribution in [0.1, 0.15) is 10.4 Å². The molecule has 0 radical (unpaired) electrons. The molecule has 1 aromatic carbocycles. The van der Waals surface area contributed by atoms with Crippen molar-refractivity contribution in [1.29, 1.82) is 0 Å². The molecule has 1 aromatic heterocycles. The van der Waals surface area contributed by atoms with E-state index in [2.05, 4.69) is 25.5 Å². The van der Waals surface area contributed by atoms with Crippen LogP contribution in [0.4, 0.5) is 11.6 Å². The summed E-state index contributed by atoms with van der Waals surface area (Å²) in [5.74, 6) is 2.51. The maximum absolute atomic E-state index is 12.5. The number of amides is 1. The van der Waals surface area contributed by atoms with Crippen molar-refractivity contribution in [2.45, 2.75) is 0 Å². The van der Waals surface area contributed by atoms with Crippen molar-refractivity contribution >= 4 is 17.5 Å². The predicted molar refractivity (Wildman–Crippen MR) is 103 cm³/mol. The minimum absolute atomic E-state index is 0.194. The van der Waals surface area contributed by atoms with Gasteiger partial charge in [0.25, 0.3) is 5.91 Å². The quantitative estimate of drug-likeness (QED) is 0.709. The first-order valence-corrected chi connectivity index (χ1v) is 9.37. The molecular weight excluding hydrogens is 362 g/mol. The molecule has 2 aromatic rings. The van der Waals surface area contributed by atoms with Crippen LogP contribution in [-0.2, 0) is 4.74 Å².